The van der Waals surface area contributed by atoms with E-state index in [1.807, 2.05) is 0 Å². The molecule has 0 saturated carbocycles. The Morgan fingerprint density at radius 3 is 2.21 bits per heavy atom. The van der Waals surface area contributed by atoms with Crippen molar-refractivity contribution >= 4 is 58.8 Å². The predicted octanol–water partition coefficient (Wildman–Crippen LogP) is 6.96. The Morgan fingerprint density at radius 2 is 1.51 bits per heavy atom. The SMILES string of the molecule is C[Si](C)(C)CCN=C1NC(n2c3c(c4ccccc42)CCC=C3)=NC(n2c3ccccc3c3ccccc32)N1. The van der Waals surface area contributed by atoms with E-state index in [2.05, 4.69) is 124 Å². The van der Waals surface area contributed by atoms with Gasteiger partial charge in [-0.3, -0.25) is 14.9 Å². The summed E-state index contributed by atoms with van der Waals surface area (Å²) >= 11 is 0. The minimum atomic E-state index is -1.22. The minimum Gasteiger partial charge on any atom is -0.317 e. The van der Waals surface area contributed by atoms with Crippen molar-refractivity contribution in [2.45, 2.75) is 44.8 Å². The van der Waals surface area contributed by atoms with Crippen LogP contribution in [0.25, 0.3) is 38.8 Å². The Morgan fingerprint density at radius 1 is 0.872 bits per heavy atom. The molecule has 2 aromatic heterocycles. The maximum Gasteiger partial charge on any atom is 0.213 e. The summed E-state index contributed by atoms with van der Waals surface area (Å²) in [5, 5.41) is 11.0. The van der Waals surface area contributed by atoms with Gasteiger partial charge in [0.15, 0.2) is 0 Å². The van der Waals surface area contributed by atoms with E-state index in [0.29, 0.717) is 0 Å². The smallest absolute Gasteiger partial charge is 0.213 e. The van der Waals surface area contributed by atoms with Crippen LogP contribution < -0.4 is 10.6 Å². The number of aliphatic imine (C=N–C) groups is 2. The molecule has 7 heteroatoms. The Bertz CT molecular complexity index is 1760. The van der Waals surface area contributed by atoms with Crippen LogP contribution in [-0.2, 0) is 6.42 Å². The van der Waals surface area contributed by atoms with Gasteiger partial charge >= 0.3 is 0 Å². The molecule has 5 aromatic rings. The zero-order valence-corrected chi connectivity index (χ0v) is 23.8. The number of benzene rings is 3. The third-order valence-corrected chi connectivity index (χ3v) is 9.53. The molecule has 3 heterocycles. The number of fused-ring (bicyclic) bond motifs is 6. The van der Waals surface area contributed by atoms with Crippen molar-refractivity contribution < 1.29 is 0 Å². The van der Waals surface area contributed by atoms with E-state index in [1.54, 1.807) is 0 Å². The first kappa shape index (κ1) is 24.0. The van der Waals surface area contributed by atoms with Crippen molar-refractivity contribution in [1.29, 1.82) is 0 Å². The summed E-state index contributed by atoms with van der Waals surface area (Å²) in [7, 11) is -1.22. The number of rotatable bonds is 4. The molecule has 0 amide bonds. The van der Waals surface area contributed by atoms with Crippen molar-refractivity contribution in [2.75, 3.05) is 6.54 Å². The second-order valence-electron chi connectivity index (χ2n) is 11.7. The van der Waals surface area contributed by atoms with Crippen LogP contribution in [0.5, 0.6) is 0 Å². The van der Waals surface area contributed by atoms with E-state index in [9.17, 15) is 0 Å². The number of aryl methyl sites for hydroxylation is 1. The minimum absolute atomic E-state index is 0.346. The molecule has 1 atom stereocenters. The van der Waals surface area contributed by atoms with Gasteiger partial charge in [-0.15, -0.1) is 0 Å². The number of nitrogens with zero attached hydrogens (tertiary/aromatic N) is 4. The van der Waals surface area contributed by atoms with Crippen molar-refractivity contribution in [1.82, 2.24) is 19.8 Å². The molecule has 3 aromatic carbocycles. The molecular formula is C32H34N6Si. The first-order valence-electron chi connectivity index (χ1n) is 13.9. The standard InChI is InChI=1S/C32H34N6Si/c1-39(2,3)21-20-33-30-34-31(37-26-16-8-4-12-22(26)23-13-5-9-17-27(23)37)36-32(35-30)38-28-18-10-6-14-24(28)25-15-7-11-19-29(25)38/h4-6,8-14,16-19,31H,7,15,20-21H2,1-3H3,(H2,33,34,35,36). The van der Waals surface area contributed by atoms with Gasteiger partial charge in [-0.2, -0.15) is 0 Å². The third kappa shape index (κ3) is 4.17. The average Bonchev–Trinajstić information content (AvgIpc) is 3.45. The zero-order valence-electron chi connectivity index (χ0n) is 22.8. The van der Waals surface area contributed by atoms with Crippen molar-refractivity contribution in [3.8, 4) is 0 Å². The van der Waals surface area contributed by atoms with Gasteiger partial charge in [0.05, 0.1) is 22.2 Å². The Hall–Kier alpha value is -4.10. The molecule has 196 valence electrons. The number of hydrogen-bond acceptors (Lipinski definition) is 2. The summed E-state index contributed by atoms with van der Waals surface area (Å²) in [5.74, 6) is 1.58. The highest BCUT2D eigenvalue weighted by Gasteiger charge is 2.28. The zero-order chi connectivity index (χ0) is 26.6. The molecule has 7 rings (SSSR count). The molecule has 39 heavy (non-hydrogen) atoms. The van der Waals surface area contributed by atoms with E-state index in [-0.39, 0.29) is 6.29 Å². The van der Waals surface area contributed by atoms with Crippen LogP contribution in [-0.4, -0.2) is 35.7 Å². The average molecular weight is 531 g/mol. The fourth-order valence-corrected chi connectivity index (χ4v) is 6.68. The van der Waals surface area contributed by atoms with Crippen LogP contribution in [0.2, 0.25) is 25.7 Å². The number of hydrogen-bond donors (Lipinski definition) is 2. The maximum atomic E-state index is 5.35. The summed E-state index contributed by atoms with van der Waals surface area (Å²) in [6.07, 6.45) is 6.28. The van der Waals surface area contributed by atoms with Gasteiger partial charge in [0.1, 0.15) is 0 Å². The summed E-state index contributed by atoms with van der Waals surface area (Å²) in [4.78, 5) is 10.4. The van der Waals surface area contributed by atoms with Gasteiger partial charge in [-0.05, 0) is 48.7 Å². The van der Waals surface area contributed by atoms with Gasteiger partial charge in [-0.25, -0.2) is 4.99 Å². The fourth-order valence-electron chi connectivity index (χ4n) is 5.90. The first-order valence-corrected chi connectivity index (χ1v) is 17.6. The topological polar surface area (TPSA) is 58.6 Å². The molecule has 2 N–H and O–H groups in total. The normalized spacial score (nSPS) is 18.4. The molecule has 2 aliphatic rings. The van der Waals surface area contributed by atoms with E-state index in [4.69, 9.17) is 9.98 Å². The van der Waals surface area contributed by atoms with Gasteiger partial charge < -0.3 is 9.88 Å². The summed E-state index contributed by atoms with van der Waals surface area (Å²) in [6.45, 7) is 7.98. The highest BCUT2D eigenvalue weighted by Crippen LogP contribution is 2.34. The molecule has 6 nitrogen and oxygen atoms in total. The number of nitrogens with one attached hydrogen (secondary N) is 2. The molecule has 0 fully saturated rings. The molecule has 1 aliphatic heterocycles. The lowest BCUT2D eigenvalue weighted by molar-refractivity contribution is 0.500. The van der Waals surface area contributed by atoms with E-state index < -0.39 is 8.07 Å². The Labute approximate surface area is 229 Å². The first-order chi connectivity index (χ1) is 19.0. The lowest BCUT2D eigenvalue weighted by Crippen LogP contribution is -2.51. The maximum absolute atomic E-state index is 5.35. The molecule has 1 aliphatic carbocycles. The van der Waals surface area contributed by atoms with Gasteiger partial charge in [0.2, 0.25) is 18.2 Å². The predicted molar refractivity (Wildman–Crippen MR) is 167 cm³/mol. The highest BCUT2D eigenvalue weighted by atomic mass is 28.3. The van der Waals surface area contributed by atoms with Crippen LogP contribution in [0.1, 0.15) is 24.0 Å². The van der Waals surface area contributed by atoms with E-state index in [1.165, 1.54) is 32.9 Å². The van der Waals surface area contributed by atoms with Crippen LogP contribution in [0, 0.1) is 0 Å². The monoisotopic (exact) mass is 530 g/mol. The number of guanidine groups is 1. The van der Waals surface area contributed by atoms with E-state index >= 15 is 0 Å². The highest BCUT2D eigenvalue weighted by molar-refractivity contribution is 6.76. The summed E-state index contributed by atoms with van der Waals surface area (Å²) in [6, 6.07) is 27.0. The molecule has 0 radical (unpaired) electrons. The van der Waals surface area contributed by atoms with E-state index in [0.717, 1.165) is 48.4 Å². The van der Waals surface area contributed by atoms with Crippen molar-refractivity contribution in [2.24, 2.45) is 9.98 Å². The fraction of sp³-hybridized carbons (Fsp3) is 0.250. The lowest BCUT2D eigenvalue weighted by atomic mass is 10.0. The largest absolute Gasteiger partial charge is 0.317 e. The molecule has 0 saturated heterocycles. The molecule has 1 unspecified atom stereocenters. The molecule has 0 spiro atoms. The van der Waals surface area contributed by atoms with Crippen LogP contribution >= 0.6 is 0 Å². The number of allylic oxidation sites excluding steroid dienone is 1. The summed E-state index contributed by atoms with van der Waals surface area (Å²) < 4.78 is 4.60. The lowest BCUT2D eigenvalue weighted by Gasteiger charge is -2.29. The molecule has 0 bridgehead atoms. The van der Waals surface area contributed by atoms with Gasteiger partial charge in [0.25, 0.3) is 0 Å². The second kappa shape index (κ2) is 9.27. The van der Waals surface area contributed by atoms with Crippen LogP contribution in [0.3, 0.4) is 0 Å². The Balaban J connectivity index is 1.44. The van der Waals surface area contributed by atoms with Gasteiger partial charge in [0, 0.05) is 30.8 Å². The van der Waals surface area contributed by atoms with Crippen molar-refractivity contribution in [3.63, 3.8) is 0 Å². The van der Waals surface area contributed by atoms with Crippen LogP contribution in [0.15, 0.2) is 88.9 Å². The number of para-hydroxylation sites is 3. The van der Waals surface area contributed by atoms with Crippen molar-refractivity contribution in [3.05, 3.63) is 90.1 Å². The summed E-state index contributed by atoms with van der Waals surface area (Å²) in [5.41, 5.74) is 6.08. The second-order valence-corrected chi connectivity index (χ2v) is 17.3. The quantitative estimate of drug-likeness (QED) is 0.247. The Kier molecular flexibility index (Phi) is 5.70. The third-order valence-electron chi connectivity index (χ3n) is 7.80. The number of aromatic nitrogens is 2. The van der Waals surface area contributed by atoms with Gasteiger partial charge in [-0.1, -0.05) is 80.3 Å². The molecular weight excluding hydrogens is 496 g/mol. The van der Waals surface area contributed by atoms with Crippen LogP contribution in [0.4, 0.5) is 0 Å².